The van der Waals surface area contributed by atoms with Crippen molar-refractivity contribution in [2.75, 3.05) is 0 Å². The molecule has 0 aromatic heterocycles. The Morgan fingerprint density at radius 2 is 1.80 bits per heavy atom. The Bertz CT molecular complexity index is 460. The van der Waals surface area contributed by atoms with E-state index in [0.717, 1.165) is 32.1 Å². The van der Waals surface area contributed by atoms with Crippen molar-refractivity contribution in [2.45, 2.75) is 51.3 Å². The van der Waals surface area contributed by atoms with Gasteiger partial charge in [-0.25, -0.2) is 4.39 Å². The zero-order valence-electron chi connectivity index (χ0n) is 12.2. The van der Waals surface area contributed by atoms with Crippen LogP contribution in [0.1, 0.15) is 56.9 Å². The molecule has 1 fully saturated rings. The fourth-order valence-electron chi connectivity index (χ4n) is 3.44. The van der Waals surface area contributed by atoms with Gasteiger partial charge in [0.05, 0.1) is 0 Å². The van der Waals surface area contributed by atoms with Crippen LogP contribution in [0.15, 0.2) is 24.3 Å². The third kappa shape index (κ3) is 3.22. The highest BCUT2D eigenvalue weighted by molar-refractivity contribution is 6.31. The van der Waals surface area contributed by atoms with E-state index in [-0.39, 0.29) is 17.0 Å². The standard InChI is InChI=1S/C17H22ClFO/c1-12(2)11-17(9-3-4-10-17)16(20)15(18)13-5-7-14(19)8-6-13/h5-8,12,15H,3-4,9-11H2,1-2H3. The SMILES string of the molecule is CC(C)CC1(C(=O)C(Cl)c2ccc(F)cc2)CCCC1. The highest BCUT2D eigenvalue weighted by Gasteiger charge is 2.43. The third-order valence-electron chi connectivity index (χ3n) is 4.28. The van der Waals surface area contributed by atoms with Crippen LogP contribution in [0.25, 0.3) is 0 Å². The molecule has 0 amide bonds. The van der Waals surface area contributed by atoms with Crippen LogP contribution in [0.3, 0.4) is 0 Å². The van der Waals surface area contributed by atoms with Gasteiger partial charge in [-0.05, 0) is 42.9 Å². The summed E-state index contributed by atoms with van der Waals surface area (Å²) in [5.41, 5.74) is 0.433. The van der Waals surface area contributed by atoms with E-state index in [1.807, 2.05) is 0 Å². The lowest BCUT2D eigenvalue weighted by molar-refractivity contribution is -0.129. The van der Waals surface area contributed by atoms with E-state index in [2.05, 4.69) is 13.8 Å². The quantitative estimate of drug-likeness (QED) is 0.676. The van der Waals surface area contributed by atoms with Gasteiger partial charge in [-0.3, -0.25) is 4.79 Å². The lowest BCUT2D eigenvalue weighted by Crippen LogP contribution is -2.32. The van der Waals surface area contributed by atoms with Gasteiger partial charge in [-0.2, -0.15) is 0 Å². The van der Waals surface area contributed by atoms with Crippen molar-refractivity contribution in [1.29, 1.82) is 0 Å². The number of hydrogen-bond donors (Lipinski definition) is 0. The van der Waals surface area contributed by atoms with Gasteiger partial charge in [-0.1, -0.05) is 38.8 Å². The number of carbonyl (C=O) groups is 1. The smallest absolute Gasteiger partial charge is 0.161 e. The van der Waals surface area contributed by atoms with E-state index in [4.69, 9.17) is 11.6 Å². The molecule has 0 N–H and O–H groups in total. The first-order valence-electron chi connectivity index (χ1n) is 7.38. The Labute approximate surface area is 125 Å². The molecule has 1 saturated carbocycles. The Balaban J connectivity index is 2.21. The minimum Gasteiger partial charge on any atom is -0.297 e. The molecule has 1 aromatic rings. The van der Waals surface area contributed by atoms with Gasteiger partial charge < -0.3 is 0 Å². The van der Waals surface area contributed by atoms with E-state index in [1.165, 1.54) is 12.1 Å². The molecular formula is C17H22ClFO. The lowest BCUT2D eigenvalue weighted by Gasteiger charge is -2.31. The molecule has 1 aliphatic carbocycles. The second kappa shape index (κ2) is 6.26. The van der Waals surface area contributed by atoms with E-state index < -0.39 is 5.38 Å². The Kier molecular flexibility index (Phi) is 4.85. The summed E-state index contributed by atoms with van der Waals surface area (Å²) in [7, 11) is 0. The van der Waals surface area contributed by atoms with Crippen molar-refractivity contribution in [3.05, 3.63) is 35.6 Å². The number of carbonyl (C=O) groups excluding carboxylic acids is 1. The second-order valence-corrected chi connectivity index (χ2v) is 6.80. The summed E-state index contributed by atoms with van der Waals surface area (Å²) in [5.74, 6) is 0.300. The first kappa shape index (κ1) is 15.5. The number of hydrogen-bond acceptors (Lipinski definition) is 1. The summed E-state index contributed by atoms with van der Waals surface area (Å²) < 4.78 is 13.0. The van der Waals surface area contributed by atoms with E-state index in [0.29, 0.717) is 11.5 Å². The van der Waals surface area contributed by atoms with Crippen LogP contribution in [-0.2, 0) is 4.79 Å². The van der Waals surface area contributed by atoms with Crippen LogP contribution in [0.5, 0.6) is 0 Å². The molecule has 2 rings (SSSR count). The zero-order chi connectivity index (χ0) is 14.8. The molecule has 110 valence electrons. The first-order chi connectivity index (χ1) is 9.44. The summed E-state index contributed by atoms with van der Waals surface area (Å²) in [6.07, 6.45) is 4.98. The monoisotopic (exact) mass is 296 g/mol. The summed E-state index contributed by atoms with van der Waals surface area (Å²) >= 11 is 6.39. The van der Waals surface area contributed by atoms with Crippen molar-refractivity contribution in [1.82, 2.24) is 0 Å². The Morgan fingerprint density at radius 3 is 2.30 bits per heavy atom. The predicted molar refractivity (Wildman–Crippen MR) is 80.4 cm³/mol. The number of alkyl halides is 1. The molecule has 1 unspecified atom stereocenters. The molecule has 1 aromatic carbocycles. The van der Waals surface area contributed by atoms with Crippen molar-refractivity contribution in [3.63, 3.8) is 0 Å². The third-order valence-corrected chi connectivity index (χ3v) is 4.73. The average molecular weight is 297 g/mol. The predicted octanol–water partition coefficient (Wildman–Crippen LogP) is 5.28. The van der Waals surface area contributed by atoms with Crippen molar-refractivity contribution in [3.8, 4) is 0 Å². The van der Waals surface area contributed by atoms with Gasteiger partial charge in [0.2, 0.25) is 0 Å². The summed E-state index contributed by atoms with van der Waals surface area (Å²) in [6, 6.07) is 5.95. The number of Topliss-reactive ketones (excluding diaryl/α,β-unsaturated/α-hetero) is 1. The maximum absolute atomic E-state index is 13.0. The van der Waals surface area contributed by atoms with Crippen LogP contribution >= 0.6 is 11.6 Å². The van der Waals surface area contributed by atoms with Gasteiger partial charge in [-0.15, -0.1) is 11.6 Å². The molecule has 1 atom stereocenters. The largest absolute Gasteiger partial charge is 0.297 e. The number of rotatable bonds is 5. The molecule has 0 heterocycles. The summed E-state index contributed by atoms with van der Waals surface area (Å²) in [4.78, 5) is 12.9. The van der Waals surface area contributed by atoms with Crippen LogP contribution < -0.4 is 0 Å². The molecule has 0 aliphatic heterocycles. The maximum atomic E-state index is 13.0. The van der Waals surface area contributed by atoms with Gasteiger partial charge in [0.1, 0.15) is 11.2 Å². The molecule has 1 aliphatic rings. The molecule has 3 heteroatoms. The summed E-state index contributed by atoms with van der Waals surface area (Å²) in [5, 5.41) is -0.660. The highest BCUT2D eigenvalue weighted by Crippen LogP contribution is 2.47. The van der Waals surface area contributed by atoms with E-state index in [1.54, 1.807) is 12.1 Å². The first-order valence-corrected chi connectivity index (χ1v) is 7.82. The molecule has 0 saturated heterocycles. The molecule has 0 radical (unpaired) electrons. The van der Waals surface area contributed by atoms with E-state index in [9.17, 15) is 9.18 Å². The number of halogens is 2. The van der Waals surface area contributed by atoms with Crippen LogP contribution in [0.2, 0.25) is 0 Å². The van der Waals surface area contributed by atoms with Crippen LogP contribution in [0.4, 0.5) is 4.39 Å². The Hall–Kier alpha value is -0.890. The van der Waals surface area contributed by atoms with Gasteiger partial charge in [0.15, 0.2) is 5.78 Å². The average Bonchev–Trinajstić information content (AvgIpc) is 2.87. The molecule has 20 heavy (non-hydrogen) atoms. The number of benzene rings is 1. The number of ketones is 1. The molecule has 0 bridgehead atoms. The second-order valence-electron chi connectivity index (χ2n) is 6.36. The van der Waals surface area contributed by atoms with Crippen LogP contribution in [0, 0.1) is 17.2 Å². The van der Waals surface area contributed by atoms with Gasteiger partial charge >= 0.3 is 0 Å². The van der Waals surface area contributed by atoms with Crippen LogP contribution in [-0.4, -0.2) is 5.78 Å². The highest BCUT2D eigenvalue weighted by atomic mass is 35.5. The topological polar surface area (TPSA) is 17.1 Å². The van der Waals surface area contributed by atoms with Crippen molar-refractivity contribution in [2.24, 2.45) is 11.3 Å². The van der Waals surface area contributed by atoms with Gasteiger partial charge in [0, 0.05) is 5.41 Å². The minimum absolute atomic E-state index is 0.122. The lowest BCUT2D eigenvalue weighted by atomic mass is 9.73. The Morgan fingerprint density at radius 1 is 1.25 bits per heavy atom. The fourth-order valence-corrected chi connectivity index (χ4v) is 3.81. The molecule has 1 nitrogen and oxygen atoms in total. The zero-order valence-corrected chi connectivity index (χ0v) is 12.9. The van der Waals surface area contributed by atoms with Crippen molar-refractivity contribution < 1.29 is 9.18 Å². The van der Waals surface area contributed by atoms with E-state index >= 15 is 0 Å². The molecule has 0 spiro atoms. The molecular weight excluding hydrogens is 275 g/mol. The maximum Gasteiger partial charge on any atom is 0.161 e. The minimum atomic E-state index is -0.660. The normalized spacial score (nSPS) is 19.2. The summed E-state index contributed by atoms with van der Waals surface area (Å²) in [6.45, 7) is 4.29. The van der Waals surface area contributed by atoms with Gasteiger partial charge in [0.25, 0.3) is 0 Å². The van der Waals surface area contributed by atoms with Crippen molar-refractivity contribution >= 4 is 17.4 Å². The fraction of sp³-hybridized carbons (Fsp3) is 0.588.